The summed E-state index contributed by atoms with van der Waals surface area (Å²) in [5, 5.41) is 0. The lowest BCUT2D eigenvalue weighted by atomic mass is 10.8. The van der Waals surface area contributed by atoms with Gasteiger partial charge in [0.1, 0.15) is 0 Å². The van der Waals surface area contributed by atoms with Gasteiger partial charge in [0.05, 0.1) is 13.2 Å². The standard InChI is InChI=1S/C7H11NO3/c1-3-9-6-5-11-7(8-6)10-4-2/h5H,3-4H2,1-2H3. The number of rotatable bonds is 4. The summed E-state index contributed by atoms with van der Waals surface area (Å²) in [6.07, 6.45) is 1.69. The van der Waals surface area contributed by atoms with Gasteiger partial charge in [-0.05, 0) is 13.8 Å². The van der Waals surface area contributed by atoms with Crippen molar-refractivity contribution in [2.75, 3.05) is 13.2 Å². The van der Waals surface area contributed by atoms with Crippen LogP contribution in [0, 0.1) is 0 Å². The van der Waals surface area contributed by atoms with E-state index in [4.69, 9.17) is 13.9 Å². The molecule has 0 unspecified atom stereocenters. The first-order valence-corrected chi connectivity index (χ1v) is 3.58. The molecular formula is C7H11NO3. The lowest BCUT2D eigenvalue weighted by Gasteiger charge is -1.93. The van der Waals surface area contributed by atoms with Crippen LogP contribution in [-0.2, 0) is 0 Å². The molecule has 1 rings (SSSR count). The van der Waals surface area contributed by atoms with Crippen molar-refractivity contribution < 1.29 is 13.9 Å². The van der Waals surface area contributed by atoms with Gasteiger partial charge in [0.25, 0.3) is 5.88 Å². The Bertz CT molecular complexity index is 189. The Hall–Kier alpha value is -1.19. The van der Waals surface area contributed by atoms with Gasteiger partial charge in [-0.1, -0.05) is 0 Å². The van der Waals surface area contributed by atoms with Crippen LogP contribution in [0.3, 0.4) is 0 Å². The zero-order chi connectivity index (χ0) is 8.10. The van der Waals surface area contributed by atoms with Crippen molar-refractivity contribution in [3.05, 3.63) is 6.26 Å². The summed E-state index contributed by atoms with van der Waals surface area (Å²) < 4.78 is 14.9. The average molecular weight is 157 g/mol. The van der Waals surface area contributed by atoms with E-state index in [9.17, 15) is 0 Å². The fourth-order valence-corrected chi connectivity index (χ4v) is 0.647. The quantitative estimate of drug-likeness (QED) is 0.663. The Kier molecular flexibility index (Phi) is 2.77. The molecule has 1 aromatic rings. The summed E-state index contributed by atoms with van der Waals surface area (Å²) in [4.78, 5) is 3.88. The molecule has 0 saturated carbocycles. The molecule has 0 bridgehead atoms. The lowest BCUT2D eigenvalue weighted by molar-refractivity contribution is 0.244. The van der Waals surface area contributed by atoms with Crippen LogP contribution in [-0.4, -0.2) is 18.2 Å². The fraction of sp³-hybridized carbons (Fsp3) is 0.571. The third-order valence-electron chi connectivity index (χ3n) is 1.02. The normalized spacial score (nSPS) is 9.64. The molecule has 0 aliphatic carbocycles. The number of nitrogens with zero attached hydrogens (tertiary/aromatic N) is 1. The number of hydrogen-bond acceptors (Lipinski definition) is 4. The maximum atomic E-state index is 5.05. The van der Waals surface area contributed by atoms with Crippen LogP contribution in [0.5, 0.6) is 12.0 Å². The van der Waals surface area contributed by atoms with Crippen molar-refractivity contribution in [1.29, 1.82) is 0 Å². The molecule has 0 aliphatic heterocycles. The van der Waals surface area contributed by atoms with Crippen molar-refractivity contribution in [3.8, 4) is 12.0 Å². The highest BCUT2D eigenvalue weighted by atomic mass is 16.6. The predicted molar refractivity (Wildman–Crippen MR) is 38.8 cm³/mol. The van der Waals surface area contributed by atoms with E-state index in [1.54, 1.807) is 0 Å². The van der Waals surface area contributed by atoms with Gasteiger partial charge in [-0.15, -0.1) is 4.98 Å². The number of hydrogen-bond donors (Lipinski definition) is 0. The Morgan fingerprint density at radius 3 is 2.73 bits per heavy atom. The van der Waals surface area contributed by atoms with Gasteiger partial charge in [-0.3, -0.25) is 0 Å². The molecule has 0 fully saturated rings. The summed E-state index contributed by atoms with van der Waals surface area (Å²) in [5.41, 5.74) is 0. The number of ether oxygens (including phenoxy) is 2. The molecule has 4 heteroatoms. The van der Waals surface area contributed by atoms with E-state index in [-0.39, 0.29) is 6.08 Å². The molecule has 0 spiro atoms. The fourth-order valence-electron chi connectivity index (χ4n) is 0.647. The number of aromatic nitrogens is 1. The highest BCUT2D eigenvalue weighted by molar-refractivity contribution is 5.05. The predicted octanol–water partition coefficient (Wildman–Crippen LogP) is 1.47. The molecule has 62 valence electrons. The van der Waals surface area contributed by atoms with Crippen molar-refractivity contribution in [2.45, 2.75) is 13.8 Å². The summed E-state index contributed by atoms with van der Waals surface area (Å²) in [6, 6.07) is 0. The first-order chi connectivity index (χ1) is 5.36. The molecule has 1 heterocycles. The van der Waals surface area contributed by atoms with Gasteiger partial charge in [0.2, 0.25) is 0 Å². The van der Waals surface area contributed by atoms with Crippen LogP contribution in [0.25, 0.3) is 0 Å². The van der Waals surface area contributed by atoms with E-state index in [0.717, 1.165) is 0 Å². The zero-order valence-corrected chi connectivity index (χ0v) is 6.66. The van der Waals surface area contributed by atoms with Gasteiger partial charge in [0, 0.05) is 0 Å². The van der Waals surface area contributed by atoms with E-state index >= 15 is 0 Å². The molecule has 1 aromatic heterocycles. The van der Waals surface area contributed by atoms with E-state index in [1.165, 1.54) is 6.26 Å². The maximum Gasteiger partial charge on any atom is 0.396 e. The minimum absolute atomic E-state index is 0.260. The third kappa shape index (κ3) is 2.14. The summed E-state index contributed by atoms with van der Waals surface area (Å²) in [6.45, 7) is 4.88. The molecule has 11 heavy (non-hydrogen) atoms. The molecule has 0 N–H and O–H groups in total. The van der Waals surface area contributed by atoms with Gasteiger partial charge in [0.15, 0.2) is 6.26 Å². The van der Waals surface area contributed by atoms with Crippen LogP contribution < -0.4 is 9.47 Å². The molecule has 0 atom stereocenters. The molecule has 0 radical (unpaired) electrons. The van der Waals surface area contributed by atoms with Crippen molar-refractivity contribution in [2.24, 2.45) is 0 Å². The Balaban J connectivity index is 2.51. The lowest BCUT2D eigenvalue weighted by Crippen LogP contribution is -1.93. The zero-order valence-electron chi connectivity index (χ0n) is 6.66. The van der Waals surface area contributed by atoms with Gasteiger partial charge in [-0.25, -0.2) is 0 Å². The highest BCUT2D eigenvalue weighted by Crippen LogP contribution is 2.15. The third-order valence-corrected chi connectivity index (χ3v) is 1.02. The van der Waals surface area contributed by atoms with Crippen LogP contribution in [0.15, 0.2) is 10.7 Å². The van der Waals surface area contributed by atoms with Gasteiger partial charge in [-0.2, -0.15) is 0 Å². The molecule has 0 aliphatic rings. The van der Waals surface area contributed by atoms with E-state index in [2.05, 4.69) is 4.98 Å². The largest absolute Gasteiger partial charge is 0.476 e. The Morgan fingerprint density at radius 1 is 1.36 bits per heavy atom. The SMILES string of the molecule is CCOc1coc(OCC)n1. The molecular weight excluding hydrogens is 146 g/mol. The first kappa shape index (κ1) is 7.91. The minimum atomic E-state index is 0.260. The monoisotopic (exact) mass is 157 g/mol. The van der Waals surface area contributed by atoms with E-state index in [1.807, 2.05) is 13.8 Å². The summed E-state index contributed by atoms with van der Waals surface area (Å²) >= 11 is 0. The van der Waals surface area contributed by atoms with Crippen LogP contribution >= 0.6 is 0 Å². The summed E-state index contributed by atoms with van der Waals surface area (Å²) in [7, 11) is 0. The number of oxazole rings is 1. The molecule has 0 amide bonds. The summed E-state index contributed by atoms with van der Waals surface area (Å²) in [5.74, 6) is 0.468. The van der Waals surface area contributed by atoms with Crippen molar-refractivity contribution >= 4 is 0 Å². The highest BCUT2D eigenvalue weighted by Gasteiger charge is 2.02. The minimum Gasteiger partial charge on any atom is -0.476 e. The van der Waals surface area contributed by atoms with Crippen LogP contribution in [0.4, 0.5) is 0 Å². The second-order valence-corrected chi connectivity index (χ2v) is 1.82. The van der Waals surface area contributed by atoms with Crippen LogP contribution in [0.2, 0.25) is 0 Å². The second-order valence-electron chi connectivity index (χ2n) is 1.82. The van der Waals surface area contributed by atoms with Crippen molar-refractivity contribution in [3.63, 3.8) is 0 Å². The van der Waals surface area contributed by atoms with Gasteiger partial charge >= 0.3 is 6.08 Å². The van der Waals surface area contributed by atoms with Gasteiger partial charge < -0.3 is 13.9 Å². The first-order valence-electron chi connectivity index (χ1n) is 3.58. The van der Waals surface area contributed by atoms with E-state index < -0.39 is 0 Å². The topological polar surface area (TPSA) is 44.5 Å². The molecule has 0 saturated heterocycles. The van der Waals surface area contributed by atoms with Crippen LogP contribution in [0.1, 0.15) is 13.8 Å². The maximum absolute atomic E-state index is 5.05. The smallest absolute Gasteiger partial charge is 0.396 e. The molecule has 0 aromatic carbocycles. The second kappa shape index (κ2) is 3.85. The van der Waals surface area contributed by atoms with Crippen molar-refractivity contribution in [1.82, 2.24) is 4.98 Å². The van der Waals surface area contributed by atoms with E-state index in [0.29, 0.717) is 19.1 Å². The Labute approximate surface area is 65.1 Å². The average Bonchev–Trinajstić information content (AvgIpc) is 2.38. The molecule has 4 nitrogen and oxygen atoms in total. The Morgan fingerprint density at radius 2 is 2.09 bits per heavy atom.